The van der Waals surface area contributed by atoms with Crippen molar-refractivity contribution in [1.29, 1.82) is 0 Å². The monoisotopic (exact) mass is 860 g/mol. The number of Topliss-reactive ketones (excluding diaryl/α,β-unsaturated/α-hetero) is 1. The summed E-state index contributed by atoms with van der Waals surface area (Å²) in [7, 11) is 6.38. The summed E-state index contributed by atoms with van der Waals surface area (Å²) in [5.74, 6) is 0.830. The first-order valence-corrected chi connectivity index (χ1v) is 22.1. The van der Waals surface area contributed by atoms with Gasteiger partial charge in [0.1, 0.15) is 6.04 Å². The molecular weight excluding hydrogens is 783 g/mol. The van der Waals surface area contributed by atoms with Gasteiger partial charge >= 0.3 is 5.97 Å². The van der Waals surface area contributed by atoms with Crippen LogP contribution < -0.4 is 11.2 Å². The van der Waals surface area contributed by atoms with E-state index in [2.05, 4.69) is 10.2 Å². The first-order valence-electron chi connectivity index (χ1n) is 22.1. The van der Waals surface area contributed by atoms with Crippen molar-refractivity contribution in [3.8, 4) is 0 Å². The van der Waals surface area contributed by atoms with Crippen LogP contribution in [0.15, 0.2) is 30.3 Å². The minimum absolute atomic E-state index is 0.0400. The molecule has 0 radical (unpaired) electrons. The van der Waals surface area contributed by atoms with Crippen LogP contribution in [0.1, 0.15) is 112 Å². The predicted molar refractivity (Wildman–Crippen MR) is 234 cm³/mol. The maximum Gasteiger partial charge on any atom is 0.326 e. The third kappa shape index (κ3) is 15.4. The van der Waals surface area contributed by atoms with Crippen molar-refractivity contribution in [3.05, 3.63) is 35.9 Å². The molecule has 4 amide bonds. The topological polar surface area (TPSA) is 198 Å². The Labute approximate surface area is 364 Å². The molecule has 0 spiro atoms. The van der Waals surface area contributed by atoms with Gasteiger partial charge in [-0.25, -0.2) is 10.7 Å². The fourth-order valence-corrected chi connectivity index (χ4v) is 8.87. The molecule has 0 bridgehead atoms. The highest BCUT2D eigenvalue weighted by atomic mass is 16.6. The van der Waals surface area contributed by atoms with Crippen LogP contribution in [0, 0.1) is 29.6 Å². The summed E-state index contributed by atoms with van der Waals surface area (Å²) >= 11 is 0. The van der Waals surface area contributed by atoms with Gasteiger partial charge in [0, 0.05) is 60.0 Å². The van der Waals surface area contributed by atoms with Gasteiger partial charge in [-0.3, -0.25) is 24.0 Å². The van der Waals surface area contributed by atoms with E-state index in [9.17, 15) is 33.9 Å². The SMILES string of the molecule is CC[C@H](C)[C@@H]([C@@H](CC(=O)N1CCC[C@H]1[C@H](OC)[C@@H](C)C(=O)N[C@@H](Cc1ccccc1)C(=O)O)OC)N(C)C(=O)[C@@H](CC(=O)[C@H](C(C)C)N(C)C(=O)CCCCCON)C(C)C. The Hall–Kier alpha value is -3.92. The number of nitrogens with zero attached hydrogens (tertiary/aromatic N) is 3. The van der Waals surface area contributed by atoms with E-state index in [0.29, 0.717) is 45.3 Å². The quantitative estimate of drug-likeness (QED) is 0.0767. The Bertz CT molecular complexity index is 1540. The Balaban J connectivity index is 2.26. The highest BCUT2D eigenvalue weighted by molar-refractivity contribution is 5.93. The molecule has 15 nitrogen and oxygen atoms in total. The molecular formula is C46H77N5O10. The van der Waals surface area contributed by atoms with Gasteiger partial charge in [0.2, 0.25) is 23.6 Å². The summed E-state index contributed by atoms with van der Waals surface area (Å²) in [5, 5.41) is 12.6. The van der Waals surface area contributed by atoms with Crippen molar-refractivity contribution in [1.82, 2.24) is 20.0 Å². The number of carbonyl (C=O) groups excluding carboxylic acids is 5. The molecule has 1 saturated heterocycles. The second kappa shape index (κ2) is 26.5. The van der Waals surface area contributed by atoms with E-state index in [1.54, 1.807) is 43.0 Å². The molecule has 4 N–H and O–H groups in total. The molecule has 9 atom stereocenters. The number of hydrogen-bond acceptors (Lipinski definition) is 10. The summed E-state index contributed by atoms with van der Waals surface area (Å²) in [6, 6.07) is 6.27. The summed E-state index contributed by atoms with van der Waals surface area (Å²) in [4.78, 5) is 91.3. The van der Waals surface area contributed by atoms with Crippen molar-refractivity contribution in [2.45, 2.75) is 149 Å². The molecule has 0 aliphatic carbocycles. The highest BCUT2D eigenvalue weighted by Crippen LogP contribution is 2.31. The van der Waals surface area contributed by atoms with E-state index in [4.69, 9.17) is 15.4 Å². The van der Waals surface area contributed by atoms with Crippen LogP contribution in [0.25, 0.3) is 0 Å². The Morgan fingerprint density at radius 1 is 0.902 bits per heavy atom. The normalized spacial score (nSPS) is 18.1. The van der Waals surface area contributed by atoms with E-state index in [1.807, 2.05) is 59.7 Å². The fourth-order valence-electron chi connectivity index (χ4n) is 8.87. The number of benzene rings is 1. The average molecular weight is 860 g/mol. The zero-order valence-corrected chi connectivity index (χ0v) is 38.8. The van der Waals surface area contributed by atoms with E-state index >= 15 is 0 Å². The summed E-state index contributed by atoms with van der Waals surface area (Å²) in [6.45, 7) is 14.2. The number of aliphatic carboxylic acids is 1. The summed E-state index contributed by atoms with van der Waals surface area (Å²) in [5.41, 5.74) is 0.774. The number of carboxylic acids is 1. The molecule has 0 saturated carbocycles. The number of nitrogens with one attached hydrogen (secondary N) is 1. The molecule has 1 fully saturated rings. The number of rotatable bonds is 28. The minimum Gasteiger partial charge on any atom is -0.480 e. The third-order valence-corrected chi connectivity index (χ3v) is 12.6. The lowest BCUT2D eigenvalue weighted by atomic mass is 9.83. The van der Waals surface area contributed by atoms with Crippen LogP contribution in [-0.2, 0) is 49.5 Å². The largest absolute Gasteiger partial charge is 0.480 e. The Kier molecular flexibility index (Phi) is 23.1. The lowest BCUT2D eigenvalue weighted by molar-refractivity contribution is -0.150. The van der Waals surface area contributed by atoms with Crippen LogP contribution in [0.5, 0.6) is 0 Å². The number of amides is 4. The van der Waals surface area contributed by atoms with Gasteiger partial charge in [-0.1, -0.05) is 91.6 Å². The standard InChI is InChI=1S/C46H77N5O10/c1-12-31(6)42(50(9)45(56)34(29(2)3)27-37(52)41(30(4)5)49(8)39(53)23-17-14-18-25-61-47)38(59-10)28-40(54)51-24-19-22-36(51)43(60-11)32(7)44(55)48-35(46(57)58)26-33-20-15-13-16-21-33/h13,15-16,20-21,29-32,34-36,38,41-43H,12,14,17-19,22-28,47H2,1-11H3,(H,48,55)(H,57,58)/t31-,32+,34-,35-,36-,38+,41-,42-,43+/m0/s1. The Morgan fingerprint density at radius 3 is 2.10 bits per heavy atom. The van der Waals surface area contributed by atoms with Gasteiger partial charge in [-0.15, -0.1) is 0 Å². The molecule has 2 rings (SSSR count). The molecule has 1 aromatic rings. The number of methoxy groups -OCH3 is 2. The van der Waals surface area contributed by atoms with E-state index in [-0.39, 0.29) is 60.5 Å². The Morgan fingerprint density at radius 2 is 1.56 bits per heavy atom. The number of nitrogens with two attached hydrogens (primary N) is 1. The van der Waals surface area contributed by atoms with E-state index in [0.717, 1.165) is 18.4 Å². The number of ketones is 1. The van der Waals surface area contributed by atoms with Gasteiger partial charge in [0.25, 0.3) is 0 Å². The van der Waals surface area contributed by atoms with Gasteiger partial charge in [-0.05, 0) is 49.0 Å². The maximum absolute atomic E-state index is 14.5. The first kappa shape index (κ1) is 53.2. The molecule has 61 heavy (non-hydrogen) atoms. The van der Waals surface area contributed by atoms with Gasteiger partial charge in [0.15, 0.2) is 5.78 Å². The lowest BCUT2D eigenvalue weighted by Crippen LogP contribution is -2.55. The van der Waals surface area contributed by atoms with Crippen LogP contribution in [-0.4, -0.2) is 133 Å². The molecule has 0 aromatic heterocycles. The fraction of sp³-hybridized carbons (Fsp3) is 0.739. The van der Waals surface area contributed by atoms with Crippen LogP contribution in [0.4, 0.5) is 0 Å². The number of hydrogen-bond donors (Lipinski definition) is 3. The summed E-state index contributed by atoms with van der Waals surface area (Å²) < 4.78 is 11.9. The molecule has 346 valence electrons. The number of likely N-dealkylation sites (tertiary alicyclic amines) is 1. The number of carbonyl (C=O) groups is 6. The first-order chi connectivity index (χ1) is 28.9. The number of unbranched alkanes of at least 4 members (excludes halogenated alkanes) is 2. The molecule has 1 aliphatic rings. The molecule has 1 aliphatic heterocycles. The van der Waals surface area contributed by atoms with Crippen molar-refractivity contribution < 1.29 is 48.2 Å². The molecule has 1 aromatic carbocycles. The second-order valence-corrected chi connectivity index (χ2v) is 17.6. The average Bonchev–Trinajstić information content (AvgIpc) is 3.71. The summed E-state index contributed by atoms with van der Waals surface area (Å²) in [6.07, 6.45) is 3.05. The zero-order valence-electron chi connectivity index (χ0n) is 38.8. The van der Waals surface area contributed by atoms with Crippen molar-refractivity contribution in [2.75, 3.05) is 41.5 Å². The van der Waals surface area contributed by atoms with Gasteiger partial charge < -0.3 is 39.4 Å². The highest BCUT2D eigenvalue weighted by Gasteiger charge is 2.44. The minimum atomic E-state index is -1.15. The molecule has 0 unspecified atom stereocenters. The molecule has 1 heterocycles. The number of likely N-dealkylation sites (N-methyl/N-ethyl adjacent to an activating group) is 2. The van der Waals surface area contributed by atoms with Crippen molar-refractivity contribution >= 4 is 35.4 Å². The maximum atomic E-state index is 14.5. The van der Waals surface area contributed by atoms with Gasteiger partial charge in [0.05, 0.1) is 49.3 Å². The van der Waals surface area contributed by atoms with E-state index < -0.39 is 60.1 Å². The van der Waals surface area contributed by atoms with Gasteiger partial charge in [-0.2, -0.15) is 0 Å². The van der Waals surface area contributed by atoms with Crippen LogP contribution >= 0.6 is 0 Å². The predicted octanol–water partition coefficient (Wildman–Crippen LogP) is 4.88. The lowest BCUT2D eigenvalue weighted by Gasteiger charge is -2.41. The van der Waals surface area contributed by atoms with Crippen molar-refractivity contribution in [2.24, 2.45) is 35.5 Å². The number of ether oxygens (including phenoxy) is 2. The van der Waals surface area contributed by atoms with E-state index in [1.165, 1.54) is 19.1 Å². The second-order valence-electron chi connectivity index (χ2n) is 17.6. The van der Waals surface area contributed by atoms with Crippen LogP contribution in [0.3, 0.4) is 0 Å². The third-order valence-electron chi connectivity index (χ3n) is 12.6. The smallest absolute Gasteiger partial charge is 0.326 e. The van der Waals surface area contributed by atoms with Crippen molar-refractivity contribution in [3.63, 3.8) is 0 Å². The number of carboxylic acid groups (broad SMARTS) is 1. The zero-order chi connectivity index (χ0) is 46.0. The molecule has 15 heteroatoms. The van der Waals surface area contributed by atoms with Crippen LogP contribution in [0.2, 0.25) is 0 Å².